The number of esters is 1. The summed E-state index contributed by atoms with van der Waals surface area (Å²) in [7, 11) is 0. The molecule has 0 bridgehead atoms. The maximum atomic E-state index is 13.2. The summed E-state index contributed by atoms with van der Waals surface area (Å²) in [4.78, 5) is 12.6. The first-order valence-electron chi connectivity index (χ1n) is 11.6. The number of ether oxygens (including phenoxy) is 3. The molecule has 0 spiro atoms. The molecule has 0 saturated heterocycles. The van der Waals surface area contributed by atoms with Crippen LogP contribution >= 0.6 is 11.6 Å². The van der Waals surface area contributed by atoms with Crippen LogP contribution < -0.4 is 19.9 Å². The molecule has 4 aromatic carbocycles. The Kier molecular flexibility index (Phi) is 6.98. The average Bonchev–Trinajstić information content (AvgIpc) is 2.92. The van der Waals surface area contributed by atoms with Gasteiger partial charge in [0.25, 0.3) is 0 Å². The van der Waals surface area contributed by atoms with Gasteiger partial charge >= 0.3 is 5.97 Å². The number of carbonyl (C=O) groups is 1. The van der Waals surface area contributed by atoms with Gasteiger partial charge in [-0.15, -0.1) is 0 Å². The Labute approximate surface area is 223 Å². The molecule has 1 atom stereocenters. The van der Waals surface area contributed by atoms with Gasteiger partial charge < -0.3 is 19.9 Å². The Morgan fingerprint density at radius 1 is 1.00 bits per heavy atom. The lowest BCUT2D eigenvalue weighted by atomic mass is 9.83. The van der Waals surface area contributed by atoms with E-state index in [4.69, 9.17) is 31.5 Å². The van der Waals surface area contributed by atoms with E-state index < -0.39 is 11.9 Å². The van der Waals surface area contributed by atoms with Gasteiger partial charge in [-0.1, -0.05) is 54.1 Å². The number of benzene rings is 4. The molecule has 0 aromatic heterocycles. The molecule has 8 heteroatoms. The number of fused-ring (bicyclic) bond motifs is 1. The predicted octanol–water partition coefficient (Wildman–Crippen LogP) is 6.50. The first-order chi connectivity index (χ1) is 18.4. The van der Waals surface area contributed by atoms with E-state index in [1.807, 2.05) is 18.2 Å². The van der Waals surface area contributed by atoms with Crippen molar-refractivity contribution in [3.63, 3.8) is 0 Å². The first-order valence-corrected chi connectivity index (χ1v) is 12.0. The molecular formula is C30H20ClFN2O4. The maximum Gasteiger partial charge on any atom is 0.345 e. The average molecular weight is 527 g/mol. The highest BCUT2D eigenvalue weighted by molar-refractivity contribution is 6.33. The fourth-order valence-electron chi connectivity index (χ4n) is 4.16. The Hall–Kier alpha value is -4.80. The number of carbonyl (C=O) groups excluding carboxylic acids is 1. The van der Waals surface area contributed by atoms with Gasteiger partial charge in [-0.25, -0.2) is 9.18 Å². The van der Waals surface area contributed by atoms with Gasteiger partial charge in [0.2, 0.25) is 5.88 Å². The van der Waals surface area contributed by atoms with E-state index in [-0.39, 0.29) is 40.2 Å². The highest BCUT2D eigenvalue weighted by Crippen LogP contribution is 2.44. The van der Waals surface area contributed by atoms with E-state index >= 15 is 0 Å². The van der Waals surface area contributed by atoms with Crippen molar-refractivity contribution in [3.05, 3.63) is 136 Å². The quantitative estimate of drug-likeness (QED) is 0.228. The topological polar surface area (TPSA) is 94.6 Å². The van der Waals surface area contributed by atoms with E-state index in [1.54, 1.807) is 60.7 Å². The first kappa shape index (κ1) is 24.9. The van der Waals surface area contributed by atoms with Gasteiger partial charge in [0, 0.05) is 11.6 Å². The Morgan fingerprint density at radius 2 is 1.79 bits per heavy atom. The third-order valence-corrected chi connectivity index (χ3v) is 6.33. The molecule has 38 heavy (non-hydrogen) atoms. The molecule has 4 aromatic rings. The number of halogens is 2. The minimum absolute atomic E-state index is 0.0442. The molecular weight excluding hydrogens is 507 g/mol. The predicted molar refractivity (Wildman–Crippen MR) is 139 cm³/mol. The number of nitrogens with zero attached hydrogens (tertiary/aromatic N) is 1. The van der Waals surface area contributed by atoms with Crippen LogP contribution in [0.1, 0.15) is 33.0 Å². The summed E-state index contributed by atoms with van der Waals surface area (Å²) in [5.41, 5.74) is 8.84. The molecule has 1 heterocycles. The summed E-state index contributed by atoms with van der Waals surface area (Å²) < 4.78 is 30.3. The summed E-state index contributed by atoms with van der Waals surface area (Å²) >= 11 is 6.11. The van der Waals surface area contributed by atoms with Crippen molar-refractivity contribution >= 4 is 17.6 Å². The van der Waals surface area contributed by atoms with Crippen molar-refractivity contribution in [2.45, 2.75) is 12.5 Å². The van der Waals surface area contributed by atoms with Crippen molar-refractivity contribution in [2.75, 3.05) is 0 Å². The summed E-state index contributed by atoms with van der Waals surface area (Å²) in [6, 6.07) is 27.0. The SMILES string of the molecule is N#CC1=C(N)Oc2cc(OC(=O)c3ccccc3Cl)ccc2C1c1cccc(OCc2ccc(F)cc2)c1. The number of allylic oxidation sites excluding steroid dienone is 1. The molecule has 188 valence electrons. The zero-order chi connectivity index (χ0) is 26.6. The molecule has 0 amide bonds. The Morgan fingerprint density at radius 3 is 2.55 bits per heavy atom. The molecule has 1 unspecified atom stereocenters. The van der Waals surface area contributed by atoms with Gasteiger partial charge in [-0.3, -0.25) is 0 Å². The Bertz CT molecular complexity index is 1590. The fourth-order valence-corrected chi connectivity index (χ4v) is 4.37. The maximum absolute atomic E-state index is 13.2. The lowest BCUT2D eigenvalue weighted by Gasteiger charge is -2.27. The molecule has 6 nitrogen and oxygen atoms in total. The summed E-state index contributed by atoms with van der Waals surface area (Å²) in [5.74, 6) is -0.352. The van der Waals surface area contributed by atoms with Crippen LogP contribution in [0, 0.1) is 17.1 Å². The zero-order valence-electron chi connectivity index (χ0n) is 19.9. The van der Waals surface area contributed by atoms with Crippen LogP contribution in [0.2, 0.25) is 5.02 Å². The zero-order valence-corrected chi connectivity index (χ0v) is 20.6. The van der Waals surface area contributed by atoms with Crippen molar-refractivity contribution in [2.24, 2.45) is 5.73 Å². The van der Waals surface area contributed by atoms with Crippen LogP contribution in [-0.4, -0.2) is 5.97 Å². The van der Waals surface area contributed by atoms with Gasteiger partial charge in [0.15, 0.2) is 0 Å². The van der Waals surface area contributed by atoms with Gasteiger partial charge in [0.05, 0.1) is 16.5 Å². The molecule has 0 aliphatic carbocycles. The molecule has 1 aliphatic rings. The second-order valence-electron chi connectivity index (χ2n) is 8.48. The summed E-state index contributed by atoms with van der Waals surface area (Å²) in [6.07, 6.45) is 0. The smallest absolute Gasteiger partial charge is 0.345 e. The highest BCUT2D eigenvalue weighted by atomic mass is 35.5. The summed E-state index contributed by atoms with van der Waals surface area (Å²) in [6.45, 7) is 0.247. The molecule has 0 saturated carbocycles. The molecule has 2 N–H and O–H groups in total. The normalized spacial score (nSPS) is 14.2. The number of rotatable bonds is 6. The van der Waals surface area contributed by atoms with E-state index in [2.05, 4.69) is 6.07 Å². The Balaban J connectivity index is 1.42. The second kappa shape index (κ2) is 10.7. The van der Waals surface area contributed by atoms with Crippen LogP contribution in [0.4, 0.5) is 4.39 Å². The largest absolute Gasteiger partial charge is 0.489 e. The van der Waals surface area contributed by atoms with Gasteiger partial charge in [-0.05, 0) is 53.6 Å². The standard InChI is InChI=1S/C30H20ClFN2O4/c31-26-7-2-1-6-23(26)30(35)37-22-12-13-24-27(15-22)38-29(34)25(16-33)28(24)19-4-3-5-21(14-19)36-17-18-8-10-20(32)11-9-18/h1-15,28H,17,34H2. The van der Waals surface area contributed by atoms with Gasteiger partial charge in [-0.2, -0.15) is 5.26 Å². The van der Waals surface area contributed by atoms with E-state index in [9.17, 15) is 14.4 Å². The van der Waals surface area contributed by atoms with Gasteiger partial charge in [0.1, 0.15) is 41.3 Å². The van der Waals surface area contributed by atoms with Crippen molar-refractivity contribution in [1.29, 1.82) is 5.26 Å². The van der Waals surface area contributed by atoms with Crippen LogP contribution in [0.25, 0.3) is 0 Å². The van der Waals surface area contributed by atoms with E-state index in [0.717, 1.165) is 11.1 Å². The van der Waals surface area contributed by atoms with Crippen molar-refractivity contribution < 1.29 is 23.4 Å². The van der Waals surface area contributed by atoms with Crippen molar-refractivity contribution in [3.8, 4) is 23.3 Å². The monoisotopic (exact) mass is 526 g/mol. The minimum Gasteiger partial charge on any atom is -0.489 e. The van der Waals surface area contributed by atoms with Crippen molar-refractivity contribution in [1.82, 2.24) is 0 Å². The van der Waals surface area contributed by atoms with E-state index in [1.165, 1.54) is 12.1 Å². The molecule has 0 radical (unpaired) electrons. The highest BCUT2D eigenvalue weighted by Gasteiger charge is 2.31. The number of hydrogen-bond acceptors (Lipinski definition) is 6. The minimum atomic E-state index is -0.616. The number of hydrogen-bond donors (Lipinski definition) is 1. The van der Waals surface area contributed by atoms with Crippen LogP contribution in [-0.2, 0) is 6.61 Å². The third-order valence-electron chi connectivity index (χ3n) is 6.01. The molecule has 5 rings (SSSR count). The molecule has 0 fully saturated rings. The fraction of sp³-hybridized carbons (Fsp3) is 0.0667. The van der Waals surface area contributed by atoms with Crippen LogP contribution in [0.3, 0.4) is 0 Å². The third kappa shape index (κ3) is 5.17. The lowest BCUT2D eigenvalue weighted by molar-refractivity contribution is 0.0734. The number of nitriles is 1. The lowest BCUT2D eigenvalue weighted by Crippen LogP contribution is -2.21. The second-order valence-corrected chi connectivity index (χ2v) is 8.89. The molecule has 1 aliphatic heterocycles. The number of nitrogens with two attached hydrogens (primary N) is 1. The van der Waals surface area contributed by atoms with E-state index in [0.29, 0.717) is 17.1 Å². The summed E-state index contributed by atoms with van der Waals surface area (Å²) in [5, 5.41) is 10.2. The van der Waals surface area contributed by atoms with Crippen LogP contribution in [0.15, 0.2) is 102 Å². The van der Waals surface area contributed by atoms with Crippen LogP contribution in [0.5, 0.6) is 17.2 Å².